The Labute approximate surface area is 164 Å². The zero-order valence-corrected chi connectivity index (χ0v) is 17.4. The molecule has 6 heteroatoms. The zero-order valence-electron chi connectivity index (χ0n) is 15.0. The fraction of sp³-hybridized carbons (Fsp3) is 0.944. The maximum atomic E-state index is 5.93. The minimum absolute atomic E-state index is 0. The van der Waals surface area contributed by atoms with Crippen LogP contribution in [0.2, 0.25) is 0 Å². The van der Waals surface area contributed by atoms with Gasteiger partial charge in [-0.2, -0.15) is 0 Å². The third-order valence-corrected chi connectivity index (χ3v) is 5.53. The molecule has 140 valence electrons. The van der Waals surface area contributed by atoms with Crippen molar-refractivity contribution in [3.63, 3.8) is 0 Å². The molecule has 1 aliphatic carbocycles. The van der Waals surface area contributed by atoms with Gasteiger partial charge in [0, 0.05) is 33.3 Å². The number of guanidine groups is 1. The highest BCUT2D eigenvalue weighted by Gasteiger charge is 2.32. The lowest BCUT2D eigenvalue weighted by Crippen LogP contribution is -2.53. The first-order chi connectivity index (χ1) is 11.4. The highest BCUT2D eigenvalue weighted by Crippen LogP contribution is 2.28. The second-order valence-corrected chi connectivity index (χ2v) is 7.17. The number of ether oxygens (including phenoxy) is 2. The molecule has 0 radical (unpaired) electrons. The maximum Gasteiger partial charge on any atom is 0.193 e. The standard InChI is InChI=1S/C18H33N3O2.HI/c1-19-18(20-10-4-8-15-6-2-3-7-15)21-11-13-23-17(14-21)16-9-5-12-22-16;/h15-17H,2-14H2,1H3,(H,19,20);1H. The van der Waals surface area contributed by atoms with Gasteiger partial charge in [0.05, 0.1) is 12.7 Å². The summed E-state index contributed by atoms with van der Waals surface area (Å²) in [7, 11) is 1.88. The number of hydrogen-bond acceptors (Lipinski definition) is 3. The van der Waals surface area contributed by atoms with Crippen molar-refractivity contribution in [1.82, 2.24) is 10.2 Å². The van der Waals surface area contributed by atoms with Gasteiger partial charge in [-0.3, -0.25) is 4.99 Å². The lowest BCUT2D eigenvalue weighted by atomic mass is 10.0. The SMILES string of the molecule is CN=C(NCCCC1CCCC1)N1CCOC(C2CCCO2)C1.I. The Morgan fingerprint density at radius 3 is 2.58 bits per heavy atom. The second-order valence-electron chi connectivity index (χ2n) is 7.17. The predicted molar refractivity (Wildman–Crippen MR) is 108 cm³/mol. The van der Waals surface area contributed by atoms with E-state index in [2.05, 4.69) is 15.2 Å². The largest absolute Gasteiger partial charge is 0.375 e. The molecular formula is C18H34IN3O2. The van der Waals surface area contributed by atoms with Crippen LogP contribution in [0.1, 0.15) is 51.4 Å². The number of halogens is 1. The van der Waals surface area contributed by atoms with E-state index in [0.717, 1.165) is 51.1 Å². The zero-order chi connectivity index (χ0) is 15.9. The summed E-state index contributed by atoms with van der Waals surface area (Å²) in [6.07, 6.45) is 11.2. The molecule has 2 aliphatic heterocycles. The van der Waals surface area contributed by atoms with Crippen LogP contribution in [-0.4, -0.2) is 63.0 Å². The van der Waals surface area contributed by atoms with E-state index in [4.69, 9.17) is 9.47 Å². The van der Waals surface area contributed by atoms with Crippen LogP contribution >= 0.6 is 24.0 Å². The number of nitrogens with zero attached hydrogens (tertiary/aromatic N) is 2. The number of nitrogens with one attached hydrogen (secondary N) is 1. The van der Waals surface area contributed by atoms with E-state index in [9.17, 15) is 0 Å². The van der Waals surface area contributed by atoms with Crippen LogP contribution in [0.3, 0.4) is 0 Å². The third kappa shape index (κ3) is 5.73. The predicted octanol–water partition coefficient (Wildman–Crippen LogP) is 3.03. The van der Waals surface area contributed by atoms with E-state index in [1.807, 2.05) is 7.05 Å². The van der Waals surface area contributed by atoms with Crippen molar-refractivity contribution in [2.75, 3.05) is 39.9 Å². The molecule has 3 aliphatic rings. The summed E-state index contributed by atoms with van der Waals surface area (Å²) in [5.74, 6) is 2.01. The second kappa shape index (κ2) is 10.8. The molecule has 0 amide bonds. The molecule has 1 N–H and O–H groups in total. The van der Waals surface area contributed by atoms with Crippen LogP contribution in [0.4, 0.5) is 0 Å². The molecule has 2 atom stereocenters. The highest BCUT2D eigenvalue weighted by molar-refractivity contribution is 14.0. The van der Waals surface area contributed by atoms with Gasteiger partial charge in [-0.25, -0.2) is 0 Å². The number of rotatable bonds is 5. The van der Waals surface area contributed by atoms with E-state index in [1.165, 1.54) is 44.9 Å². The summed E-state index contributed by atoms with van der Waals surface area (Å²) < 4.78 is 11.7. The molecule has 0 spiro atoms. The van der Waals surface area contributed by atoms with E-state index in [-0.39, 0.29) is 36.2 Å². The Hall–Kier alpha value is -0.0800. The molecule has 1 saturated carbocycles. The molecule has 2 unspecified atom stereocenters. The average Bonchev–Trinajstić information content (AvgIpc) is 3.29. The van der Waals surface area contributed by atoms with Crippen molar-refractivity contribution in [3.8, 4) is 0 Å². The lowest BCUT2D eigenvalue weighted by molar-refractivity contribution is -0.0816. The average molecular weight is 451 g/mol. The summed E-state index contributed by atoms with van der Waals surface area (Å²) in [6, 6.07) is 0. The number of hydrogen-bond donors (Lipinski definition) is 1. The molecule has 2 saturated heterocycles. The van der Waals surface area contributed by atoms with Crippen molar-refractivity contribution in [1.29, 1.82) is 0 Å². The monoisotopic (exact) mass is 451 g/mol. The first-order valence-corrected chi connectivity index (χ1v) is 9.55. The van der Waals surface area contributed by atoms with Gasteiger partial charge in [0.15, 0.2) is 5.96 Å². The van der Waals surface area contributed by atoms with Gasteiger partial charge in [-0.15, -0.1) is 24.0 Å². The topological polar surface area (TPSA) is 46.1 Å². The molecule has 2 heterocycles. The molecule has 24 heavy (non-hydrogen) atoms. The van der Waals surface area contributed by atoms with Crippen molar-refractivity contribution in [3.05, 3.63) is 0 Å². The highest BCUT2D eigenvalue weighted by atomic mass is 127. The van der Waals surface area contributed by atoms with Gasteiger partial charge in [0.2, 0.25) is 0 Å². The minimum atomic E-state index is 0. The molecule has 0 bridgehead atoms. The summed E-state index contributed by atoms with van der Waals surface area (Å²) in [5, 5.41) is 3.55. The van der Waals surface area contributed by atoms with Gasteiger partial charge >= 0.3 is 0 Å². The van der Waals surface area contributed by atoms with E-state index in [1.54, 1.807) is 0 Å². The molecule has 0 aromatic rings. The molecule has 0 aromatic carbocycles. The Morgan fingerprint density at radius 1 is 1.08 bits per heavy atom. The van der Waals surface area contributed by atoms with Gasteiger partial charge in [0.25, 0.3) is 0 Å². The number of aliphatic imine (C=N–C) groups is 1. The van der Waals surface area contributed by atoms with Crippen molar-refractivity contribution < 1.29 is 9.47 Å². The van der Waals surface area contributed by atoms with Crippen LogP contribution < -0.4 is 5.32 Å². The van der Waals surface area contributed by atoms with Crippen LogP contribution in [0.25, 0.3) is 0 Å². The van der Waals surface area contributed by atoms with Crippen LogP contribution in [-0.2, 0) is 9.47 Å². The van der Waals surface area contributed by atoms with Gasteiger partial charge in [0.1, 0.15) is 6.10 Å². The van der Waals surface area contributed by atoms with E-state index >= 15 is 0 Å². The van der Waals surface area contributed by atoms with Gasteiger partial charge in [-0.05, 0) is 31.6 Å². The van der Waals surface area contributed by atoms with E-state index in [0.29, 0.717) is 0 Å². The Balaban J connectivity index is 0.00000208. The van der Waals surface area contributed by atoms with Crippen molar-refractivity contribution >= 4 is 29.9 Å². The molecule has 5 nitrogen and oxygen atoms in total. The quantitative estimate of drug-likeness (QED) is 0.302. The molecule has 3 fully saturated rings. The first kappa shape index (κ1) is 20.2. The van der Waals surface area contributed by atoms with E-state index < -0.39 is 0 Å². The summed E-state index contributed by atoms with van der Waals surface area (Å²) in [6.45, 7) is 4.51. The van der Waals surface area contributed by atoms with Gasteiger partial charge in [-0.1, -0.05) is 25.7 Å². The number of morpholine rings is 1. The van der Waals surface area contributed by atoms with Gasteiger partial charge < -0.3 is 19.7 Å². The van der Waals surface area contributed by atoms with Crippen molar-refractivity contribution in [2.45, 2.75) is 63.6 Å². The van der Waals surface area contributed by atoms with Crippen LogP contribution in [0.5, 0.6) is 0 Å². The van der Waals surface area contributed by atoms with Crippen molar-refractivity contribution in [2.24, 2.45) is 10.9 Å². The fourth-order valence-electron chi connectivity index (χ4n) is 4.21. The molecule has 3 rings (SSSR count). The fourth-order valence-corrected chi connectivity index (χ4v) is 4.21. The third-order valence-electron chi connectivity index (χ3n) is 5.53. The minimum Gasteiger partial charge on any atom is -0.375 e. The summed E-state index contributed by atoms with van der Waals surface area (Å²) in [5.41, 5.74) is 0. The Bertz CT molecular complexity index is 382. The Kier molecular flexibility index (Phi) is 9.11. The van der Waals surface area contributed by atoms with Crippen LogP contribution in [0.15, 0.2) is 4.99 Å². The Morgan fingerprint density at radius 2 is 1.88 bits per heavy atom. The summed E-state index contributed by atoms with van der Waals surface area (Å²) >= 11 is 0. The maximum absolute atomic E-state index is 5.93. The van der Waals surface area contributed by atoms with Crippen LogP contribution in [0, 0.1) is 5.92 Å². The first-order valence-electron chi connectivity index (χ1n) is 9.55. The molecule has 0 aromatic heterocycles. The normalized spacial score (nSPS) is 28.9. The summed E-state index contributed by atoms with van der Waals surface area (Å²) in [4.78, 5) is 6.82. The lowest BCUT2D eigenvalue weighted by Gasteiger charge is -2.37. The smallest absolute Gasteiger partial charge is 0.193 e. The molecular weight excluding hydrogens is 417 g/mol.